The van der Waals surface area contributed by atoms with Crippen molar-refractivity contribution in [2.24, 2.45) is 4.99 Å². The quantitative estimate of drug-likeness (QED) is 0.450. The maximum Gasteiger partial charge on any atom is 0.211 e. The second-order valence-corrected chi connectivity index (χ2v) is 6.58. The maximum absolute atomic E-state index is 9.43. The third-order valence-corrected chi connectivity index (χ3v) is 5.06. The number of nitrogen functional groups attached to an aromatic ring is 2. The molecule has 1 aliphatic heterocycles. The van der Waals surface area contributed by atoms with Crippen LogP contribution in [0.15, 0.2) is 11.1 Å². The summed E-state index contributed by atoms with van der Waals surface area (Å²) < 4.78 is 0. The Balaban J connectivity index is 2.38. The van der Waals surface area contributed by atoms with Crippen LogP contribution in [0.4, 0.5) is 17.3 Å². The van der Waals surface area contributed by atoms with Crippen LogP contribution in [0.3, 0.4) is 0 Å². The van der Waals surface area contributed by atoms with Gasteiger partial charge in [-0.2, -0.15) is 10.5 Å². The van der Waals surface area contributed by atoms with E-state index >= 15 is 0 Å². The molecule has 2 heterocycles. The lowest BCUT2D eigenvalue weighted by Crippen LogP contribution is -2.33. The molecule has 0 saturated heterocycles. The number of hydrogen-bond acceptors (Lipinski definition) is 8. The number of pyridine rings is 1. The summed E-state index contributed by atoms with van der Waals surface area (Å²) in [4.78, 5) is 8.95. The molecule has 1 atom stereocenters. The SMILES string of the molecule is Cc1cc(C)c(C)c(C2N=C(NC#N)Nc3nc(N)c(C#N)c(N)c32)c1C. The fraction of sp³-hybridized carbons (Fsp3) is 0.263. The van der Waals surface area contributed by atoms with Crippen LogP contribution >= 0.6 is 0 Å². The molecule has 0 aliphatic carbocycles. The molecule has 1 unspecified atom stereocenters. The largest absolute Gasteiger partial charge is 0.397 e. The number of aryl methyl sites for hydroxylation is 2. The fourth-order valence-electron chi connectivity index (χ4n) is 3.45. The van der Waals surface area contributed by atoms with Gasteiger partial charge in [-0.1, -0.05) is 6.07 Å². The van der Waals surface area contributed by atoms with Crippen LogP contribution in [0.2, 0.25) is 0 Å². The van der Waals surface area contributed by atoms with E-state index in [2.05, 4.69) is 26.7 Å². The predicted molar refractivity (Wildman–Crippen MR) is 105 cm³/mol. The summed E-state index contributed by atoms with van der Waals surface area (Å²) in [6.07, 6.45) is 1.86. The Morgan fingerprint density at radius 2 is 1.70 bits per heavy atom. The average Bonchev–Trinajstić information content (AvgIpc) is 2.60. The minimum atomic E-state index is -0.518. The monoisotopic (exact) mass is 360 g/mol. The number of benzene rings is 1. The summed E-state index contributed by atoms with van der Waals surface area (Å²) in [6, 6.07) is 3.62. The highest BCUT2D eigenvalue weighted by atomic mass is 15.2. The lowest BCUT2D eigenvalue weighted by atomic mass is 9.85. The minimum absolute atomic E-state index is 0.0343. The van der Waals surface area contributed by atoms with Crippen molar-refractivity contribution in [3.8, 4) is 12.3 Å². The third-order valence-electron chi connectivity index (χ3n) is 5.06. The van der Waals surface area contributed by atoms with Crippen LogP contribution in [0.5, 0.6) is 0 Å². The number of nitriles is 2. The zero-order valence-electron chi connectivity index (χ0n) is 15.6. The zero-order valence-corrected chi connectivity index (χ0v) is 15.6. The molecule has 27 heavy (non-hydrogen) atoms. The minimum Gasteiger partial charge on any atom is -0.397 e. The van der Waals surface area contributed by atoms with E-state index in [9.17, 15) is 5.26 Å². The summed E-state index contributed by atoms with van der Waals surface area (Å²) in [6.45, 7) is 8.13. The van der Waals surface area contributed by atoms with E-state index in [0.717, 1.165) is 27.8 Å². The highest BCUT2D eigenvalue weighted by Gasteiger charge is 2.31. The molecule has 3 rings (SSSR count). The van der Waals surface area contributed by atoms with Crippen LogP contribution in [-0.2, 0) is 0 Å². The van der Waals surface area contributed by atoms with Gasteiger partial charge in [0.05, 0.1) is 5.69 Å². The topological polar surface area (TPSA) is 149 Å². The second-order valence-electron chi connectivity index (χ2n) is 6.58. The van der Waals surface area contributed by atoms with Gasteiger partial charge in [-0.25, -0.2) is 9.98 Å². The van der Waals surface area contributed by atoms with Gasteiger partial charge in [0.25, 0.3) is 0 Å². The van der Waals surface area contributed by atoms with Gasteiger partial charge in [0.1, 0.15) is 29.3 Å². The number of aliphatic imine (C=N–C) groups is 1. The molecule has 1 aliphatic rings. The van der Waals surface area contributed by atoms with Crippen molar-refractivity contribution in [1.82, 2.24) is 10.3 Å². The van der Waals surface area contributed by atoms with Gasteiger partial charge in [0.15, 0.2) is 6.19 Å². The summed E-state index contributed by atoms with van der Waals surface area (Å²) in [5.74, 6) is 0.677. The highest BCUT2D eigenvalue weighted by molar-refractivity contribution is 5.98. The van der Waals surface area contributed by atoms with Crippen molar-refractivity contribution in [1.29, 1.82) is 10.5 Å². The summed E-state index contributed by atoms with van der Waals surface area (Å²) >= 11 is 0. The van der Waals surface area contributed by atoms with Crippen molar-refractivity contribution in [3.63, 3.8) is 0 Å². The van der Waals surface area contributed by atoms with Gasteiger partial charge < -0.3 is 16.8 Å². The predicted octanol–water partition coefficient (Wildman–Crippen LogP) is 2.29. The molecule has 0 amide bonds. The summed E-state index contributed by atoms with van der Waals surface area (Å²) in [5, 5.41) is 23.9. The molecule has 0 fully saturated rings. The van der Waals surface area contributed by atoms with Crippen molar-refractivity contribution >= 4 is 23.3 Å². The molecular weight excluding hydrogens is 340 g/mol. The molecule has 136 valence electrons. The molecular formula is C19H20N8. The van der Waals surface area contributed by atoms with Gasteiger partial charge in [-0.3, -0.25) is 5.32 Å². The van der Waals surface area contributed by atoms with E-state index in [4.69, 9.17) is 16.7 Å². The molecule has 0 saturated carbocycles. The lowest BCUT2D eigenvalue weighted by Gasteiger charge is -2.29. The third kappa shape index (κ3) is 2.77. The van der Waals surface area contributed by atoms with Crippen LogP contribution < -0.4 is 22.1 Å². The first-order valence-corrected chi connectivity index (χ1v) is 8.36. The Labute approximate surface area is 157 Å². The molecule has 2 aromatic rings. The molecule has 6 N–H and O–H groups in total. The van der Waals surface area contributed by atoms with E-state index in [0.29, 0.717) is 11.4 Å². The van der Waals surface area contributed by atoms with E-state index in [1.165, 1.54) is 0 Å². The van der Waals surface area contributed by atoms with E-state index in [1.807, 2.05) is 40.0 Å². The Hall–Kier alpha value is -3.78. The van der Waals surface area contributed by atoms with Crippen molar-refractivity contribution in [2.45, 2.75) is 33.7 Å². The molecule has 0 spiro atoms. The number of rotatable bonds is 1. The van der Waals surface area contributed by atoms with Crippen molar-refractivity contribution < 1.29 is 0 Å². The molecule has 0 bridgehead atoms. The Morgan fingerprint density at radius 1 is 1.07 bits per heavy atom. The number of nitrogens with zero attached hydrogens (tertiary/aromatic N) is 4. The molecule has 8 heteroatoms. The zero-order chi connectivity index (χ0) is 19.9. The van der Waals surface area contributed by atoms with Crippen molar-refractivity contribution in [3.05, 3.63) is 45.0 Å². The van der Waals surface area contributed by atoms with E-state index < -0.39 is 6.04 Å². The van der Waals surface area contributed by atoms with E-state index in [1.54, 1.807) is 0 Å². The van der Waals surface area contributed by atoms with Gasteiger partial charge in [-0.05, 0) is 55.5 Å². The van der Waals surface area contributed by atoms with Gasteiger partial charge in [-0.15, -0.1) is 0 Å². The first-order chi connectivity index (χ1) is 12.8. The van der Waals surface area contributed by atoms with Crippen LogP contribution in [0, 0.1) is 50.5 Å². The average molecular weight is 360 g/mol. The van der Waals surface area contributed by atoms with Crippen molar-refractivity contribution in [2.75, 3.05) is 16.8 Å². The van der Waals surface area contributed by atoms with Crippen LogP contribution in [0.25, 0.3) is 0 Å². The number of hydrogen-bond donors (Lipinski definition) is 4. The normalized spacial score (nSPS) is 15.0. The summed E-state index contributed by atoms with van der Waals surface area (Å²) in [5.41, 5.74) is 18.5. The Morgan fingerprint density at radius 3 is 2.26 bits per heavy atom. The number of aromatic nitrogens is 1. The molecule has 0 radical (unpaired) electrons. The summed E-state index contributed by atoms with van der Waals surface area (Å²) in [7, 11) is 0. The number of anilines is 3. The second kappa shape index (κ2) is 6.50. The molecule has 8 nitrogen and oxygen atoms in total. The van der Waals surface area contributed by atoms with Gasteiger partial charge in [0.2, 0.25) is 5.96 Å². The number of guanidine groups is 1. The van der Waals surface area contributed by atoms with Gasteiger partial charge in [0, 0.05) is 5.56 Å². The fourth-order valence-corrected chi connectivity index (χ4v) is 3.45. The number of nitrogens with one attached hydrogen (secondary N) is 2. The first kappa shape index (κ1) is 18.0. The van der Waals surface area contributed by atoms with Crippen LogP contribution in [0.1, 0.15) is 45.0 Å². The molecule has 1 aromatic heterocycles. The Kier molecular flexibility index (Phi) is 4.34. The lowest BCUT2D eigenvalue weighted by molar-refractivity contribution is 0.825. The smallest absolute Gasteiger partial charge is 0.211 e. The highest BCUT2D eigenvalue weighted by Crippen LogP contribution is 2.43. The van der Waals surface area contributed by atoms with Gasteiger partial charge >= 0.3 is 0 Å². The standard InChI is InChI=1S/C19H20N8/c1-8-5-9(2)11(4)13(10(8)3)16-14-15(22)12(6-20)17(23)26-18(14)27-19(25-16)24-7-21/h5,16H,1-4H3,(H6,22,23,24,25,26,27). The first-order valence-electron chi connectivity index (χ1n) is 8.36. The van der Waals surface area contributed by atoms with Crippen LogP contribution in [-0.4, -0.2) is 10.9 Å². The number of fused-ring (bicyclic) bond motifs is 1. The Bertz CT molecular complexity index is 1040. The van der Waals surface area contributed by atoms with E-state index in [-0.39, 0.29) is 23.0 Å². The maximum atomic E-state index is 9.43. The number of nitrogens with two attached hydrogens (primary N) is 2. The molecule has 1 aromatic carbocycles.